The number of amides is 1. The zero-order valence-corrected chi connectivity index (χ0v) is 11.1. The second kappa shape index (κ2) is 4.88. The largest absolute Gasteiger partial charge is 0.479 e. The molecule has 0 aromatic heterocycles. The van der Waals surface area contributed by atoms with E-state index >= 15 is 0 Å². The number of carbonyl (C=O) groups excluding carboxylic acids is 1. The van der Waals surface area contributed by atoms with E-state index in [0.717, 1.165) is 32.3 Å². The van der Waals surface area contributed by atoms with Crippen LogP contribution in [-0.2, 0) is 9.59 Å². The molecular weight excluding hydrogens is 232 g/mol. The van der Waals surface area contributed by atoms with Crippen LogP contribution in [0.25, 0.3) is 0 Å². The summed E-state index contributed by atoms with van der Waals surface area (Å²) >= 11 is 0. The van der Waals surface area contributed by atoms with E-state index in [2.05, 4.69) is 18.7 Å². The van der Waals surface area contributed by atoms with Crippen molar-refractivity contribution < 1.29 is 14.7 Å². The first-order valence-electron chi connectivity index (χ1n) is 6.72. The minimum atomic E-state index is -0.964. The van der Waals surface area contributed by atoms with Crippen molar-refractivity contribution in [3.63, 3.8) is 0 Å². The second-order valence-corrected chi connectivity index (χ2v) is 5.71. The van der Waals surface area contributed by atoms with Gasteiger partial charge in [0.1, 0.15) is 5.54 Å². The summed E-state index contributed by atoms with van der Waals surface area (Å²) in [6.07, 6.45) is 3.71. The normalized spacial score (nSPS) is 23.9. The van der Waals surface area contributed by atoms with Gasteiger partial charge in [-0.05, 0) is 39.5 Å². The smallest absolute Gasteiger partial charge is 0.329 e. The van der Waals surface area contributed by atoms with Crippen LogP contribution < -0.4 is 0 Å². The van der Waals surface area contributed by atoms with E-state index in [0.29, 0.717) is 18.9 Å². The Morgan fingerprint density at radius 2 is 1.94 bits per heavy atom. The lowest BCUT2D eigenvalue weighted by atomic mass is 9.85. The van der Waals surface area contributed by atoms with Gasteiger partial charge < -0.3 is 14.9 Å². The highest BCUT2D eigenvalue weighted by atomic mass is 16.4. The van der Waals surface area contributed by atoms with Gasteiger partial charge in [0.2, 0.25) is 6.41 Å². The summed E-state index contributed by atoms with van der Waals surface area (Å²) in [5.74, 6) is -0.843. The molecule has 2 rings (SSSR count). The summed E-state index contributed by atoms with van der Waals surface area (Å²) in [5, 5.41) is 9.57. The van der Waals surface area contributed by atoms with Crippen molar-refractivity contribution in [2.45, 2.75) is 57.2 Å². The monoisotopic (exact) mass is 254 g/mol. The van der Waals surface area contributed by atoms with Gasteiger partial charge >= 0.3 is 5.97 Å². The van der Waals surface area contributed by atoms with Crippen LogP contribution in [0, 0.1) is 0 Å². The lowest BCUT2D eigenvalue weighted by Gasteiger charge is -2.45. The lowest BCUT2D eigenvalue weighted by molar-refractivity contribution is -0.160. The molecule has 1 heterocycles. The molecule has 0 aromatic rings. The molecule has 102 valence electrons. The summed E-state index contributed by atoms with van der Waals surface area (Å²) in [4.78, 5) is 26.8. The third kappa shape index (κ3) is 2.23. The fourth-order valence-corrected chi connectivity index (χ4v) is 2.88. The van der Waals surface area contributed by atoms with Gasteiger partial charge in [0, 0.05) is 25.2 Å². The molecule has 1 N–H and O–H groups in total. The minimum Gasteiger partial charge on any atom is -0.479 e. The van der Waals surface area contributed by atoms with Crippen molar-refractivity contribution in [2.24, 2.45) is 0 Å². The molecule has 1 saturated carbocycles. The van der Waals surface area contributed by atoms with Crippen LogP contribution in [0.2, 0.25) is 0 Å². The zero-order chi connectivity index (χ0) is 13.3. The van der Waals surface area contributed by atoms with Gasteiger partial charge in [0.15, 0.2) is 0 Å². The first-order chi connectivity index (χ1) is 8.51. The van der Waals surface area contributed by atoms with Crippen LogP contribution in [0.15, 0.2) is 0 Å². The minimum absolute atomic E-state index is 0.157. The predicted octanol–water partition coefficient (Wildman–Crippen LogP) is 0.935. The number of carboxylic acids is 1. The lowest BCUT2D eigenvalue weighted by Crippen LogP contribution is -2.61. The van der Waals surface area contributed by atoms with Gasteiger partial charge in [0.05, 0.1) is 0 Å². The molecule has 1 aliphatic heterocycles. The molecule has 0 atom stereocenters. The Bertz CT molecular complexity index is 331. The van der Waals surface area contributed by atoms with Gasteiger partial charge in [-0.25, -0.2) is 4.79 Å². The maximum Gasteiger partial charge on any atom is 0.329 e. The Balaban J connectivity index is 2.14. The van der Waals surface area contributed by atoms with Crippen molar-refractivity contribution in [1.29, 1.82) is 0 Å². The van der Waals surface area contributed by atoms with E-state index in [1.165, 1.54) is 0 Å². The summed E-state index contributed by atoms with van der Waals surface area (Å²) in [7, 11) is 0. The molecule has 5 nitrogen and oxygen atoms in total. The Hall–Kier alpha value is -1.10. The van der Waals surface area contributed by atoms with Crippen LogP contribution in [0.1, 0.15) is 39.5 Å². The molecular formula is C13H22N2O3. The molecule has 5 heteroatoms. The highest BCUT2D eigenvalue weighted by molar-refractivity contribution is 5.82. The first kappa shape index (κ1) is 13.3. The van der Waals surface area contributed by atoms with E-state index in [1.54, 1.807) is 4.90 Å². The van der Waals surface area contributed by atoms with E-state index in [9.17, 15) is 14.7 Å². The molecule has 1 aliphatic carbocycles. The van der Waals surface area contributed by atoms with Crippen LogP contribution in [-0.4, -0.2) is 58.0 Å². The molecule has 18 heavy (non-hydrogen) atoms. The molecule has 1 saturated heterocycles. The summed E-state index contributed by atoms with van der Waals surface area (Å²) in [6, 6.07) is 0.589. The summed E-state index contributed by atoms with van der Waals surface area (Å²) < 4.78 is 0. The maximum absolute atomic E-state index is 11.7. The van der Waals surface area contributed by atoms with Crippen molar-refractivity contribution in [1.82, 2.24) is 9.80 Å². The number of hydrogen-bond donors (Lipinski definition) is 1. The van der Waals surface area contributed by atoms with Gasteiger partial charge in [0.25, 0.3) is 0 Å². The SMILES string of the molecule is CC(C)N1CCC(C(=O)O)(N(C=O)C2CC2)CC1. The van der Waals surface area contributed by atoms with Crippen molar-refractivity contribution in [2.75, 3.05) is 13.1 Å². The number of carbonyl (C=O) groups is 2. The number of nitrogens with zero attached hydrogens (tertiary/aromatic N) is 2. The quantitative estimate of drug-likeness (QED) is 0.742. The van der Waals surface area contributed by atoms with Gasteiger partial charge in [-0.2, -0.15) is 0 Å². The number of carboxylic acid groups (broad SMARTS) is 1. The average molecular weight is 254 g/mol. The second-order valence-electron chi connectivity index (χ2n) is 5.71. The molecule has 2 fully saturated rings. The Labute approximate surface area is 108 Å². The molecule has 0 aromatic carbocycles. The third-order valence-corrected chi connectivity index (χ3v) is 4.30. The Kier molecular flexibility index (Phi) is 3.61. The van der Waals surface area contributed by atoms with Crippen molar-refractivity contribution in [3.8, 4) is 0 Å². The molecule has 2 aliphatic rings. The molecule has 0 bridgehead atoms. The standard InChI is InChI=1S/C13H22N2O3/c1-10(2)14-7-5-13(6-8-14,12(17)18)15(9-16)11-3-4-11/h9-11H,3-8H2,1-2H3,(H,17,18). The fourth-order valence-electron chi connectivity index (χ4n) is 2.88. The number of hydrogen-bond acceptors (Lipinski definition) is 3. The number of rotatable bonds is 5. The van der Waals surface area contributed by atoms with Gasteiger partial charge in [-0.15, -0.1) is 0 Å². The van der Waals surface area contributed by atoms with E-state index < -0.39 is 11.5 Å². The van der Waals surface area contributed by atoms with Gasteiger partial charge in [-0.3, -0.25) is 4.79 Å². The van der Waals surface area contributed by atoms with E-state index in [1.807, 2.05) is 0 Å². The molecule has 0 spiro atoms. The summed E-state index contributed by atoms with van der Waals surface area (Å²) in [6.45, 7) is 5.74. The number of piperidine rings is 1. The third-order valence-electron chi connectivity index (χ3n) is 4.30. The molecule has 0 unspecified atom stereocenters. The van der Waals surface area contributed by atoms with E-state index in [-0.39, 0.29) is 6.04 Å². The van der Waals surface area contributed by atoms with Crippen LogP contribution in [0.5, 0.6) is 0 Å². The topological polar surface area (TPSA) is 60.9 Å². The van der Waals surface area contributed by atoms with E-state index in [4.69, 9.17) is 0 Å². The Morgan fingerprint density at radius 1 is 1.39 bits per heavy atom. The van der Waals surface area contributed by atoms with Gasteiger partial charge in [-0.1, -0.05) is 0 Å². The molecule has 1 amide bonds. The average Bonchev–Trinajstić information content (AvgIpc) is 3.14. The Morgan fingerprint density at radius 3 is 2.28 bits per heavy atom. The number of likely N-dealkylation sites (tertiary alicyclic amines) is 1. The van der Waals surface area contributed by atoms with Crippen molar-refractivity contribution in [3.05, 3.63) is 0 Å². The highest BCUT2D eigenvalue weighted by Crippen LogP contribution is 2.37. The first-order valence-corrected chi connectivity index (χ1v) is 6.72. The van der Waals surface area contributed by atoms with Crippen LogP contribution >= 0.6 is 0 Å². The summed E-state index contributed by atoms with van der Waals surface area (Å²) in [5.41, 5.74) is -0.964. The predicted molar refractivity (Wildman–Crippen MR) is 67.2 cm³/mol. The van der Waals surface area contributed by atoms with Crippen LogP contribution in [0.4, 0.5) is 0 Å². The zero-order valence-electron chi connectivity index (χ0n) is 11.1. The van der Waals surface area contributed by atoms with Crippen LogP contribution in [0.3, 0.4) is 0 Å². The fraction of sp³-hybridized carbons (Fsp3) is 0.846. The van der Waals surface area contributed by atoms with Crippen molar-refractivity contribution >= 4 is 12.4 Å². The molecule has 0 radical (unpaired) electrons. The highest BCUT2D eigenvalue weighted by Gasteiger charge is 2.50. The number of aliphatic carboxylic acids is 1. The maximum atomic E-state index is 11.7.